The lowest BCUT2D eigenvalue weighted by Gasteiger charge is -2.27. The van der Waals surface area contributed by atoms with Crippen molar-refractivity contribution in [2.24, 2.45) is 0 Å². The number of anilines is 1. The van der Waals surface area contributed by atoms with Gasteiger partial charge in [0.05, 0.1) is 26.1 Å². The Hall–Kier alpha value is -2.64. The molecule has 0 radical (unpaired) electrons. The number of non-ortho nitro benzene ring substituents is 1. The normalized spacial score (nSPS) is 13.9. The van der Waals surface area contributed by atoms with E-state index in [1.165, 1.54) is 18.2 Å². The first-order valence-corrected chi connectivity index (χ1v) is 9.46. The van der Waals surface area contributed by atoms with Crippen LogP contribution in [0.25, 0.3) is 0 Å². The Morgan fingerprint density at radius 1 is 0.964 bits per heavy atom. The smallest absolute Gasteiger partial charge is 0.270 e. The van der Waals surface area contributed by atoms with Crippen molar-refractivity contribution in [3.63, 3.8) is 0 Å². The number of nitro groups is 1. The highest BCUT2D eigenvalue weighted by Crippen LogP contribution is 2.26. The van der Waals surface area contributed by atoms with E-state index in [9.17, 15) is 19.7 Å². The highest BCUT2D eigenvalue weighted by molar-refractivity contribution is 6.35. The lowest BCUT2D eigenvalue weighted by atomic mass is 10.1. The number of hydrogen-bond donors (Lipinski definition) is 1. The molecule has 1 aliphatic rings. The molecule has 146 valence electrons. The molecule has 1 aliphatic heterocycles. The average Bonchev–Trinajstić information content (AvgIpc) is 2.68. The number of nitrogens with zero attached hydrogens (tertiary/aromatic N) is 2. The molecular weight excluding hydrogens is 405 g/mol. The molecule has 0 bridgehead atoms. The van der Waals surface area contributed by atoms with Crippen molar-refractivity contribution in [2.45, 2.75) is 19.3 Å². The summed E-state index contributed by atoms with van der Waals surface area (Å²) in [7, 11) is 0. The van der Waals surface area contributed by atoms with Gasteiger partial charge in [-0.3, -0.25) is 19.7 Å². The van der Waals surface area contributed by atoms with Crippen molar-refractivity contribution in [3.8, 4) is 0 Å². The molecule has 0 aliphatic carbocycles. The van der Waals surface area contributed by atoms with Gasteiger partial charge in [-0.25, -0.2) is 0 Å². The number of likely N-dealkylation sites (tertiary alicyclic amines) is 1. The van der Waals surface area contributed by atoms with Crippen molar-refractivity contribution in [1.82, 2.24) is 4.90 Å². The fourth-order valence-corrected chi connectivity index (χ4v) is 3.56. The second kappa shape index (κ2) is 8.58. The largest absolute Gasteiger partial charge is 0.339 e. The fraction of sp³-hybridized carbons (Fsp3) is 0.263. The molecule has 0 unspecified atom stereocenters. The van der Waals surface area contributed by atoms with Crippen LogP contribution >= 0.6 is 23.2 Å². The summed E-state index contributed by atoms with van der Waals surface area (Å²) in [5, 5.41) is 13.6. The van der Waals surface area contributed by atoms with Gasteiger partial charge in [0, 0.05) is 30.9 Å². The van der Waals surface area contributed by atoms with Crippen LogP contribution in [0, 0.1) is 10.1 Å². The zero-order valence-corrected chi connectivity index (χ0v) is 16.3. The molecule has 7 nitrogen and oxygen atoms in total. The van der Waals surface area contributed by atoms with Gasteiger partial charge in [0.1, 0.15) is 0 Å². The SMILES string of the molecule is O=C(Nc1ccc(C(=O)N2CCCCC2)c(Cl)c1)c1ccc([N+](=O)[O-])cc1Cl. The number of piperidine rings is 1. The van der Waals surface area contributed by atoms with E-state index in [1.807, 2.05) is 0 Å². The van der Waals surface area contributed by atoms with Crippen LogP contribution in [0.15, 0.2) is 36.4 Å². The molecule has 1 fully saturated rings. The summed E-state index contributed by atoms with van der Waals surface area (Å²) in [4.78, 5) is 36.9. The summed E-state index contributed by atoms with van der Waals surface area (Å²) < 4.78 is 0. The number of nitrogens with one attached hydrogen (secondary N) is 1. The zero-order valence-electron chi connectivity index (χ0n) is 14.8. The quantitative estimate of drug-likeness (QED) is 0.567. The van der Waals surface area contributed by atoms with E-state index in [-0.39, 0.29) is 27.2 Å². The van der Waals surface area contributed by atoms with Crippen molar-refractivity contribution in [1.29, 1.82) is 0 Å². The van der Waals surface area contributed by atoms with Crippen LogP contribution in [-0.2, 0) is 0 Å². The van der Waals surface area contributed by atoms with Crippen molar-refractivity contribution in [2.75, 3.05) is 18.4 Å². The van der Waals surface area contributed by atoms with Gasteiger partial charge in [-0.2, -0.15) is 0 Å². The molecule has 2 amide bonds. The van der Waals surface area contributed by atoms with E-state index in [0.717, 1.165) is 25.3 Å². The molecule has 3 rings (SSSR count). The van der Waals surface area contributed by atoms with Crippen molar-refractivity contribution < 1.29 is 14.5 Å². The molecule has 1 N–H and O–H groups in total. The van der Waals surface area contributed by atoms with E-state index in [4.69, 9.17) is 23.2 Å². The van der Waals surface area contributed by atoms with Gasteiger partial charge in [-0.05, 0) is 43.5 Å². The van der Waals surface area contributed by atoms with Crippen LogP contribution < -0.4 is 5.32 Å². The summed E-state index contributed by atoms with van der Waals surface area (Å²) >= 11 is 12.2. The fourth-order valence-electron chi connectivity index (χ4n) is 3.03. The van der Waals surface area contributed by atoms with Gasteiger partial charge in [-0.15, -0.1) is 0 Å². The predicted molar refractivity (Wildman–Crippen MR) is 107 cm³/mol. The number of carbonyl (C=O) groups is 2. The first-order valence-electron chi connectivity index (χ1n) is 8.71. The van der Waals surface area contributed by atoms with Gasteiger partial charge < -0.3 is 10.2 Å². The maximum Gasteiger partial charge on any atom is 0.270 e. The van der Waals surface area contributed by atoms with Crippen LogP contribution in [0.3, 0.4) is 0 Å². The molecule has 2 aromatic carbocycles. The maximum atomic E-state index is 12.6. The summed E-state index contributed by atoms with van der Waals surface area (Å²) in [6, 6.07) is 8.26. The summed E-state index contributed by atoms with van der Waals surface area (Å²) in [6.45, 7) is 1.43. The molecular formula is C19H17Cl2N3O4. The number of nitro benzene ring substituents is 1. The highest BCUT2D eigenvalue weighted by Gasteiger charge is 2.21. The van der Waals surface area contributed by atoms with Crippen LogP contribution in [0.1, 0.15) is 40.0 Å². The molecule has 0 spiro atoms. The third-order valence-electron chi connectivity index (χ3n) is 4.51. The number of hydrogen-bond acceptors (Lipinski definition) is 4. The van der Waals surface area contributed by atoms with E-state index in [1.54, 1.807) is 17.0 Å². The van der Waals surface area contributed by atoms with Crippen molar-refractivity contribution in [3.05, 3.63) is 67.7 Å². The molecule has 28 heavy (non-hydrogen) atoms. The van der Waals surface area contributed by atoms with E-state index >= 15 is 0 Å². The maximum absolute atomic E-state index is 12.6. The van der Waals surface area contributed by atoms with Crippen LogP contribution in [0.2, 0.25) is 10.0 Å². The topological polar surface area (TPSA) is 92.6 Å². The number of halogens is 2. The zero-order chi connectivity index (χ0) is 20.3. The minimum absolute atomic E-state index is 0.0327. The molecule has 2 aromatic rings. The van der Waals surface area contributed by atoms with Gasteiger partial charge in [-0.1, -0.05) is 23.2 Å². The van der Waals surface area contributed by atoms with E-state index < -0.39 is 10.8 Å². The van der Waals surface area contributed by atoms with Gasteiger partial charge >= 0.3 is 0 Å². The number of carbonyl (C=O) groups excluding carboxylic acids is 2. The summed E-state index contributed by atoms with van der Waals surface area (Å²) in [5.41, 5.74) is 0.663. The first kappa shape index (κ1) is 20.1. The Morgan fingerprint density at radius 3 is 2.21 bits per heavy atom. The second-order valence-corrected chi connectivity index (χ2v) is 7.24. The van der Waals surface area contributed by atoms with Gasteiger partial charge in [0.25, 0.3) is 17.5 Å². The number of amides is 2. The molecule has 0 aromatic heterocycles. The van der Waals surface area contributed by atoms with E-state index in [0.29, 0.717) is 24.3 Å². The Kier molecular flexibility index (Phi) is 6.16. The monoisotopic (exact) mass is 421 g/mol. The van der Waals surface area contributed by atoms with E-state index in [2.05, 4.69) is 5.32 Å². The average molecular weight is 422 g/mol. The molecule has 1 heterocycles. The highest BCUT2D eigenvalue weighted by atomic mass is 35.5. The van der Waals surface area contributed by atoms with Gasteiger partial charge in [0.15, 0.2) is 0 Å². The first-order chi connectivity index (χ1) is 13.4. The molecule has 0 atom stereocenters. The summed E-state index contributed by atoms with van der Waals surface area (Å²) in [5.74, 6) is -0.660. The molecule has 9 heteroatoms. The van der Waals surface area contributed by atoms with Gasteiger partial charge in [0.2, 0.25) is 0 Å². The summed E-state index contributed by atoms with van der Waals surface area (Å²) in [6.07, 6.45) is 3.08. The minimum Gasteiger partial charge on any atom is -0.339 e. The van der Waals surface area contributed by atoms with Crippen LogP contribution in [0.5, 0.6) is 0 Å². The third-order valence-corrected chi connectivity index (χ3v) is 5.13. The van der Waals surface area contributed by atoms with Crippen LogP contribution in [0.4, 0.5) is 11.4 Å². The second-order valence-electron chi connectivity index (χ2n) is 6.42. The molecule has 1 saturated heterocycles. The predicted octanol–water partition coefficient (Wildman–Crippen LogP) is 4.78. The Labute approximate surface area is 171 Å². The Bertz CT molecular complexity index is 943. The lowest BCUT2D eigenvalue weighted by Crippen LogP contribution is -2.35. The Morgan fingerprint density at radius 2 is 1.61 bits per heavy atom. The molecule has 0 saturated carbocycles. The number of benzene rings is 2. The third kappa shape index (κ3) is 4.43. The number of rotatable bonds is 4. The lowest BCUT2D eigenvalue weighted by molar-refractivity contribution is -0.384. The Balaban J connectivity index is 1.74. The standard InChI is InChI=1S/C19H17Cl2N3O4/c20-16-10-12(4-6-15(16)19(26)23-8-2-1-3-9-23)22-18(25)14-7-5-13(24(27)28)11-17(14)21/h4-7,10-11H,1-3,8-9H2,(H,22,25). The van der Waals surface area contributed by atoms with Crippen LogP contribution in [-0.4, -0.2) is 34.7 Å². The van der Waals surface area contributed by atoms with Crippen molar-refractivity contribution >= 4 is 46.4 Å². The minimum atomic E-state index is -0.592.